The number of thiophene rings is 4. The van der Waals surface area contributed by atoms with Crippen LogP contribution >= 0.6 is 45.3 Å². The highest BCUT2D eigenvalue weighted by atomic mass is 32.1. The van der Waals surface area contributed by atoms with E-state index >= 15 is 0 Å². The molecule has 1 unspecified atom stereocenters. The highest BCUT2D eigenvalue weighted by Gasteiger charge is 2.54. The number of rotatable bonds is 23. The van der Waals surface area contributed by atoms with E-state index in [1.165, 1.54) is 174 Å². The Morgan fingerprint density at radius 3 is 1.15 bits per heavy atom. The molecule has 2 nitrogen and oxygen atoms in total. The number of hydrogen-bond acceptors (Lipinski definition) is 6. The number of carbonyl (C=O) groups is 2. The third-order valence-corrected chi connectivity index (χ3v) is 21.9. The molecule has 4 aromatic heterocycles. The lowest BCUT2D eigenvalue weighted by molar-refractivity contribution is 0.111. The summed E-state index contributed by atoms with van der Waals surface area (Å²) < 4.78 is 2.75. The first-order chi connectivity index (χ1) is 38.8. The second-order valence-corrected chi connectivity index (χ2v) is 26.6. The first-order valence-electron chi connectivity index (χ1n) is 29.2. The van der Waals surface area contributed by atoms with Gasteiger partial charge in [0.2, 0.25) is 0 Å². The predicted molar refractivity (Wildman–Crippen MR) is 340 cm³/mol. The zero-order valence-corrected chi connectivity index (χ0v) is 49.5. The molecule has 1 atom stereocenters. The third-order valence-electron chi connectivity index (χ3n) is 17.2. The van der Waals surface area contributed by atoms with E-state index in [9.17, 15) is 9.59 Å². The van der Waals surface area contributed by atoms with Crippen molar-refractivity contribution in [2.24, 2.45) is 0 Å². The summed E-state index contributed by atoms with van der Waals surface area (Å²) >= 11 is 7.18. The second-order valence-electron chi connectivity index (χ2n) is 22.3. The molecule has 79 heavy (non-hydrogen) atoms. The van der Waals surface area contributed by atoms with Gasteiger partial charge in [-0.25, -0.2) is 0 Å². The zero-order chi connectivity index (χ0) is 54.1. The molecule has 0 aliphatic heterocycles. The van der Waals surface area contributed by atoms with Crippen molar-refractivity contribution in [1.29, 1.82) is 0 Å². The van der Waals surface area contributed by atoms with Gasteiger partial charge in [0.05, 0.1) is 30.0 Å². The Kier molecular flexibility index (Phi) is 15.6. The fraction of sp³-hybridized carbons (Fsp3) is 0.288. The van der Waals surface area contributed by atoms with Crippen LogP contribution in [-0.2, 0) is 30.1 Å². The largest absolute Gasteiger partial charge is 0.297 e. The third kappa shape index (κ3) is 9.48. The topological polar surface area (TPSA) is 34.1 Å². The minimum absolute atomic E-state index is 0.644. The number of hydrogen-bond donors (Lipinski definition) is 0. The van der Waals surface area contributed by atoms with Crippen molar-refractivity contribution >= 4 is 67.3 Å². The average molecular weight is 1110 g/mol. The van der Waals surface area contributed by atoms with E-state index in [4.69, 9.17) is 0 Å². The lowest BCUT2D eigenvalue weighted by Gasteiger charge is -2.35. The van der Waals surface area contributed by atoms with Gasteiger partial charge in [-0.15, -0.1) is 45.3 Å². The van der Waals surface area contributed by atoms with E-state index in [-0.39, 0.29) is 0 Å². The quantitative estimate of drug-likeness (QED) is 0.0472. The van der Waals surface area contributed by atoms with Gasteiger partial charge in [0, 0.05) is 30.6 Å². The van der Waals surface area contributed by atoms with Crippen LogP contribution in [0.3, 0.4) is 0 Å². The lowest BCUT2D eigenvalue weighted by atomic mass is 9.66. The molecule has 398 valence electrons. The van der Waals surface area contributed by atoms with E-state index in [1.807, 2.05) is 34.8 Å². The van der Waals surface area contributed by atoms with Crippen LogP contribution in [0.25, 0.3) is 51.2 Å². The second kappa shape index (κ2) is 23.1. The van der Waals surface area contributed by atoms with Gasteiger partial charge in [0.25, 0.3) is 0 Å². The normalized spacial score (nSPS) is 14.8. The molecule has 0 saturated carbocycles. The zero-order valence-electron chi connectivity index (χ0n) is 46.2. The molecular formula is C73H70O2S4. The first-order valence-corrected chi connectivity index (χ1v) is 32.5. The molecule has 0 radical (unpaired) electrons. The van der Waals surface area contributed by atoms with Crippen molar-refractivity contribution in [3.05, 3.63) is 234 Å². The molecule has 12 rings (SSSR count). The van der Waals surface area contributed by atoms with Gasteiger partial charge in [-0.2, -0.15) is 0 Å². The fourth-order valence-corrected chi connectivity index (χ4v) is 18.2. The van der Waals surface area contributed by atoms with Gasteiger partial charge in [0.1, 0.15) is 0 Å². The van der Waals surface area contributed by atoms with Crippen LogP contribution in [-0.4, -0.2) is 12.6 Å². The molecule has 0 saturated heterocycles. The number of fused-ring (bicyclic) bond motifs is 9. The van der Waals surface area contributed by atoms with Gasteiger partial charge < -0.3 is 0 Å². The molecule has 0 amide bonds. The fourth-order valence-electron chi connectivity index (χ4n) is 13.4. The first kappa shape index (κ1) is 53.4. The van der Waals surface area contributed by atoms with E-state index in [2.05, 4.69) is 173 Å². The molecule has 2 aliphatic rings. The molecule has 4 heterocycles. The molecule has 0 N–H and O–H groups in total. The number of unbranched alkanes of at least 4 members (excludes halogenated alkanes) is 9. The van der Waals surface area contributed by atoms with E-state index in [0.717, 1.165) is 62.5 Å². The van der Waals surface area contributed by atoms with E-state index in [0.29, 0.717) is 0 Å². The number of aryl methyl sites for hydroxylation is 4. The average Bonchev–Trinajstić information content (AvgIpc) is 2.71. The molecule has 6 heteroatoms. The molecule has 0 bridgehead atoms. The highest BCUT2D eigenvalue weighted by molar-refractivity contribution is 7.32. The standard InChI is InChI=1S/C73H70O2S4/c1-5-8-11-14-22-49-25-18-29-55(41-49)72(54-28-17-21-48(4)40-54)62-44-52(64-38-34-58(46-74)76-64)32-36-60(62)68-66(72)70-71(78-68)67-69(79-70)61-37-33-53(65-39-35-59(47-75)77-65)45-63(61)73(67,56-30-19-26-50(42-56)23-15-12-9-6-2)57-31-20-27-51(43-57)24-16-13-10-7-3/h17-21,25-47H,5-16,22-24H2,1-4H3. The van der Waals surface area contributed by atoms with Gasteiger partial charge in [-0.3, -0.25) is 9.59 Å². The monoisotopic (exact) mass is 1110 g/mol. The molecule has 10 aromatic rings. The Morgan fingerprint density at radius 1 is 0.392 bits per heavy atom. The summed E-state index contributed by atoms with van der Waals surface area (Å²) in [5, 5.41) is 0. The Balaban J connectivity index is 1.18. The maximum Gasteiger partial charge on any atom is 0.160 e. The van der Waals surface area contributed by atoms with Crippen molar-refractivity contribution in [3.63, 3.8) is 0 Å². The smallest absolute Gasteiger partial charge is 0.160 e. The van der Waals surface area contributed by atoms with Crippen molar-refractivity contribution < 1.29 is 9.59 Å². The summed E-state index contributed by atoms with van der Waals surface area (Å²) in [6.07, 6.45) is 19.8. The summed E-state index contributed by atoms with van der Waals surface area (Å²) in [5.41, 5.74) is 19.7. The molecular weight excluding hydrogens is 1040 g/mol. The van der Waals surface area contributed by atoms with Gasteiger partial charge >= 0.3 is 0 Å². The van der Waals surface area contributed by atoms with Crippen LogP contribution in [0, 0.1) is 6.92 Å². The Labute approximate surface area is 484 Å². The van der Waals surface area contributed by atoms with E-state index in [1.54, 1.807) is 22.7 Å². The Hall–Kier alpha value is -6.28. The molecule has 6 aromatic carbocycles. The van der Waals surface area contributed by atoms with Crippen LogP contribution in [0.2, 0.25) is 0 Å². The molecule has 0 fully saturated rings. The Morgan fingerprint density at radius 2 is 0.785 bits per heavy atom. The van der Waals surface area contributed by atoms with Crippen LogP contribution in [0.15, 0.2) is 158 Å². The summed E-state index contributed by atoms with van der Waals surface area (Å²) in [6.45, 7) is 9.14. The van der Waals surface area contributed by atoms with Crippen LogP contribution < -0.4 is 0 Å². The van der Waals surface area contributed by atoms with E-state index < -0.39 is 10.8 Å². The maximum absolute atomic E-state index is 12.2. The summed E-state index contributed by atoms with van der Waals surface area (Å²) in [6, 6.07) is 61.1. The van der Waals surface area contributed by atoms with Gasteiger partial charge in [-0.05, 0) is 154 Å². The van der Waals surface area contributed by atoms with Crippen molar-refractivity contribution in [1.82, 2.24) is 0 Å². The lowest BCUT2D eigenvalue weighted by Crippen LogP contribution is -2.29. The maximum atomic E-state index is 12.2. The van der Waals surface area contributed by atoms with Crippen molar-refractivity contribution in [2.75, 3.05) is 0 Å². The SMILES string of the molecule is CCCCCCc1cccc(C2(c3cccc(C)c3)c3cc(-c4ccc(C=O)s4)ccc3-c3sc4c5c(sc4c32)-c2ccc(-c3ccc(C=O)s3)cc2C5(c2cccc(CCCCCC)c2)c2cccc(CCCCCC)c2)c1. The number of aldehydes is 2. The van der Waals surface area contributed by atoms with Crippen LogP contribution in [0.5, 0.6) is 0 Å². The number of benzene rings is 6. The molecule has 2 aliphatic carbocycles. The minimum Gasteiger partial charge on any atom is -0.297 e. The predicted octanol–water partition coefficient (Wildman–Crippen LogP) is 21.4. The van der Waals surface area contributed by atoms with Crippen LogP contribution in [0.4, 0.5) is 0 Å². The summed E-state index contributed by atoms with van der Waals surface area (Å²) in [4.78, 5) is 30.7. The van der Waals surface area contributed by atoms with Gasteiger partial charge in [0.15, 0.2) is 12.6 Å². The number of carbonyl (C=O) groups excluding carboxylic acids is 2. The highest BCUT2D eigenvalue weighted by Crippen LogP contribution is 2.69. The summed E-state index contributed by atoms with van der Waals surface area (Å²) in [7, 11) is 0. The van der Waals surface area contributed by atoms with Crippen LogP contribution in [0.1, 0.15) is 184 Å². The Bertz CT molecular complexity index is 3800. The molecule has 0 spiro atoms. The van der Waals surface area contributed by atoms with Crippen molar-refractivity contribution in [2.45, 2.75) is 135 Å². The van der Waals surface area contributed by atoms with Gasteiger partial charge in [-0.1, -0.05) is 205 Å². The van der Waals surface area contributed by atoms with Crippen molar-refractivity contribution in [3.8, 4) is 41.8 Å². The minimum atomic E-state index is -0.645. The summed E-state index contributed by atoms with van der Waals surface area (Å²) in [5.74, 6) is 0.